The largest absolute Gasteiger partial charge is 0.315 e. The van der Waals surface area contributed by atoms with Crippen LogP contribution < -0.4 is 5.56 Å². The summed E-state index contributed by atoms with van der Waals surface area (Å²) in [6, 6.07) is 5.58. The van der Waals surface area contributed by atoms with Crippen LogP contribution in [-0.4, -0.2) is 14.3 Å². The first-order valence-electron chi connectivity index (χ1n) is 5.31. The van der Waals surface area contributed by atoms with Gasteiger partial charge in [0.1, 0.15) is 0 Å². The average Bonchev–Trinajstić information content (AvgIpc) is 2.63. The molecule has 0 aliphatic rings. The van der Waals surface area contributed by atoms with Crippen LogP contribution in [0.15, 0.2) is 35.4 Å². The van der Waals surface area contributed by atoms with Gasteiger partial charge < -0.3 is 4.57 Å². The number of rotatable bonds is 3. The van der Waals surface area contributed by atoms with Gasteiger partial charge >= 0.3 is 0 Å². The summed E-state index contributed by atoms with van der Waals surface area (Å²) in [4.78, 5) is 11.6. The minimum Gasteiger partial charge on any atom is -0.315 e. The van der Waals surface area contributed by atoms with E-state index in [0.29, 0.717) is 6.54 Å². The number of hydrogen-bond donors (Lipinski definition) is 0. The molecule has 0 unspecified atom stereocenters. The van der Waals surface area contributed by atoms with Crippen LogP contribution in [0.4, 0.5) is 0 Å². The highest BCUT2D eigenvalue weighted by Crippen LogP contribution is 1.99. The monoisotopic (exact) mass is 217 g/mol. The normalized spacial score (nSPS) is 10.6. The van der Waals surface area contributed by atoms with Crippen LogP contribution in [0.5, 0.6) is 0 Å². The molecule has 2 rings (SSSR count). The predicted octanol–water partition coefficient (Wildman–Crippen LogP) is 1.13. The maximum absolute atomic E-state index is 11.6. The smallest absolute Gasteiger partial charge is 0.250 e. The van der Waals surface area contributed by atoms with Crippen LogP contribution >= 0.6 is 0 Å². The standard InChI is InChI=1S/C12H15N3O/c1-10-4-7-15(12(16)9-10)8-5-11-3-6-13-14(11)2/h3-4,6-7,9H,5,8H2,1-2H3. The van der Waals surface area contributed by atoms with Crippen molar-refractivity contribution in [1.29, 1.82) is 0 Å². The Morgan fingerprint density at radius 3 is 2.81 bits per heavy atom. The average molecular weight is 217 g/mol. The Morgan fingerprint density at radius 2 is 2.19 bits per heavy atom. The van der Waals surface area contributed by atoms with Crippen molar-refractivity contribution in [2.24, 2.45) is 7.05 Å². The Labute approximate surface area is 94.1 Å². The number of pyridine rings is 1. The molecule has 0 aliphatic carbocycles. The fraction of sp³-hybridized carbons (Fsp3) is 0.333. The molecule has 0 amide bonds. The Kier molecular flexibility index (Phi) is 2.90. The van der Waals surface area contributed by atoms with Crippen molar-refractivity contribution < 1.29 is 0 Å². The SMILES string of the molecule is Cc1ccn(CCc2ccnn2C)c(=O)c1. The molecule has 4 heteroatoms. The minimum absolute atomic E-state index is 0.0576. The van der Waals surface area contributed by atoms with Gasteiger partial charge in [0.15, 0.2) is 0 Å². The van der Waals surface area contributed by atoms with Crippen molar-refractivity contribution in [2.75, 3.05) is 0 Å². The topological polar surface area (TPSA) is 39.8 Å². The Balaban J connectivity index is 2.11. The predicted molar refractivity (Wildman–Crippen MR) is 62.4 cm³/mol. The molecular formula is C12H15N3O. The molecule has 0 fully saturated rings. The molecule has 0 aliphatic heterocycles. The van der Waals surface area contributed by atoms with Crippen LogP contribution in [0.25, 0.3) is 0 Å². The van der Waals surface area contributed by atoms with Crippen LogP contribution in [-0.2, 0) is 20.0 Å². The molecule has 2 heterocycles. The van der Waals surface area contributed by atoms with Crippen molar-refractivity contribution in [3.63, 3.8) is 0 Å². The minimum atomic E-state index is 0.0576. The van der Waals surface area contributed by atoms with Crippen molar-refractivity contribution in [3.05, 3.63) is 52.2 Å². The van der Waals surface area contributed by atoms with E-state index in [1.807, 2.05) is 37.0 Å². The van der Waals surface area contributed by atoms with Crippen LogP contribution in [0, 0.1) is 6.92 Å². The van der Waals surface area contributed by atoms with Crippen LogP contribution in [0.3, 0.4) is 0 Å². The molecule has 84 valence electrons. The van der Waals surface area contributed by atoms with E-state index in [2.05, 4.69) is 5.10 Å². The van der Waals surface area contributed by atoms with Gasteiger partial charge in [-0.05, 0) is 24.6 Å². The maximum atomic E-state index is 11.6. The lowest BCUT2D eigenvalue weighted by Crippen LogP contribution is -2.20. The highest BCUT2D eigenvalue weighted by Gasteiger charge is 2.00. The summed E-state index contributed by atoms with van der Waals surface area (Å²) >= 11 is 0. The molecule has 4 nitrogen and oxygen atoms in total. The number of aromatic nitrogens is 3. The summed E-state index contributed by atoms with van der Waals surface area (Å²) in [5.41, 5.74) is 2.19. The van der Waals surface area contributed by atoms with Crippen LogP contribution in [0.2, 0.25) is 0 Å². The lowest BCUT2D eigenvalue weighted by molar-refractivity contribution is 0.622. The highest BCUT2D eigenvalue weighted by molar-refractivity contribution is 5.08. The lowest BCUT2D eigenvalue weighted by Gasteiger charge is -2.06. The number of aryl methyl sites for hydroxylation is 4. The third-order valence-corrected chi connectivity index (χ3v) is 2.68. The summed E-state index contributed by atoms with van der Waals surface area (Å²) in [5, 5.41) is 4.09. The van der Waals surface area contributed by atoms with E-state index >= 15 is 0 Å². The van der Waals surface area contributed by atoms with Gasteiger partial charge in [-0.3, -0.25) is 9.48 Å². The summed E-state index contributed by atoms with van der Waals surface area (Å²) in [7, 11) is 1.91. The number of nitrogens with zero attached hydrogens (tertiary/aromatic N) is 3. The van der Waals surface area contributed by atoms with Gasteiger partial charge in [0, 0.05) is 44.2 Å². The molecule has 0 saturated carbocycles. The third kappa shape index (κ3) is 2.21. The fourth-order valence-electron chi connectivity index (χ4n) is 1.67. The molecule has 0 N–H and O–H groups in total. The highest BCUT2D eigenvalue weighted by atomic mass is 16.1. The Bertz CT molecular complexity index is 539. The van der Waals surface area contributed by atoms with Crippen molar-refractivity contribution >= 4 is 0 Å². The molecule has 0 bridgehead atoms. The van der Waals surface area contributed by atoms with E-state index in [1.54, 1.807) is 16.8 Å². The second-order valence-corrected chi connectivity index (χ2v) is 3.93. The van der Waals surface area contributed by atoms with E-state index < -0.39 is 0 Å². The van der Waals surface area contributed by atoms with Gasteiger partial charge in [-0.15, -0.1) is 0 Å². The first-order chi connectivity index (χ1) is 7.66. The van der Waals surface area contributed by atoms with Crippen molar-refractivity contribution in [3.8, 4) is 0 Å². The molecule has 0 radical (unpaired) electrons. The van der Waals surface area contributed by atoms with E-state index in [9.17, 15) is 4.79 Å². The zero-order valence-electron chi connectivity index (χ0n) is 9.55. The van der Waals surface area contributed by atoms with E-state index in [-0.39, 0.29) is 5.56 Å². The first-order valence-corrected chi connectivity index (χ1v) is 5.31. The van der Waals surface area contributed by atoms with Crippen molar-refractivity contribution in [2.45, 2.75) is 19.9 Å². The van der Waals surface area contributed by atoms with Gasteiger partial charge in [-0.2, -0.15) is 5.10 Å². The summed E-state index contributed by atoms with van der Waals surface area (Å²) in [6.07, 6.45) is 4.43. The van der Waals surface area contributed by atoms with Crippen LogP contribution in [0.1, 0.15) is 11.3 Å². The molecule has 2 aromatic heterocycles. The number of hydrogen-bond acceptors (Lipinski definition) is 2. The second kappa shape index (κ2) is 4.35. The maximum Gasteiger partial charge on any atom is 0.250 e. The van der Waals surface area contributed by atoms with Gasteiger partial charge in [0.05, 0.1) is 0 Å². The summed E-state index contributed by atoms with van der Waals surface area (Å²) in [6.45, 7) is 2.62. The molecule has 2 aromatic rings. The summed E-state index contributed by atoms with van der Waals surface area (Å²) in [5.74, 6) is 0. The first kappa shape index (κ1) is 10.7. The molecule has 16 heavy (non-hydrogen) atoms. The van der Waals surface area contributed by atoms with E-state index in [4.69, 9.17) is 0 Å². The van der Waals surface area contributed by atoms with E-state index in [0.717, 1.165) is 17.7 Å². The molecule has 0 atom stereocenters. The van der Waals surface area contributed by atoms with Gasteiger partial charge in [0.2, 0.25) is 0 Å². The summed E-state index contributed by atoms with van der Waals surface area (Å²) < 4.78 is 3.55. The molecule has 0 aromatic carbocycles. The lowest BCUT2D eigenvalue weighted by atomic mass is 10.3. The van der Waals surface area contributed by atoms with E-state index in [1.165, 1.54) is 0 Å². The van der Waals surface area contributed by atoms with Crippen molar-refractivity contribution in [1.82, 2.24) is 14.3 Å². The Morgan fingerprint density at radius 1 is 1.38 bits per heavy atom. The quantitative estimate of drug-likeness (QED) is 0.773. The molecule has 0 saturated heterocycles. The molecule has 0 spiro atoms. The third-order valence-electron chi connectivity index (χ3n) is 2.68. The second-order valence-electron chi connectivity index (χ2n) is 3.93. The Hall–Kier alpha value is -1.84. The molecular weight excluding hydrogens is 202 g/mol. The van der Waals surface area contributed by atoms with Gasteiger partial charge in [0.25, 0.3) is 5.56 Å². The zero-order valence-corrected chi connectivity index (χ0v) is 9.55. The zero-order chi connectivity index (χ0) is 11.5. The fourth-order valence-corrected chi connectivity index (χ4v) is 1.67. The van der Waals surface area contributed by atoms with Gasteiger partial charge in [-0.1, -0.05) is 0 Å². The van der Waals surface area contributed by atoms with Gasteiger partial charge in [-0.25, -0.2) is 0 Å².